The molecule has 0 unspecified atom stereocenters. The first kappa shape index (κ1) is 12.4. The number of rotatable bonds is 4. The molecule has 4 nitrogen and oxygen atoms in total. The lowest BCUT2D eigenvalue weighted by Gasteiger charge is -2.13. The van der Waals surface area contributed by atoms with Crippen LogP contribution in [0.3, 0.4) is 0 Å². The summed E-state index contributed by atoms with van der Waals surface area (Å²) in [5.74, 6) is -1.39. The summed E-state index contributed by atoms with van der Waals surface area (Å²) in [7, 11) is 1.22. The molecule has 0 radical (unpaired) electrons. The van der Waals surface area contributed by atoms with E-state index in [0.29, 0.717) is 5.56 Å². The molecule has 16 heavy (non-hydrogen) atoms. The number of nitrogens with zero attached hydrogens (tertiary/aromatic N) is 1. The summed E-state index contributed by atoms with van der Waals surface area (Å²) >= 11 is 0. The van der Waals surface area contributed by atoms with Crippen LogP contribution in [0.1, 0.15) is 23.1 Å². The van der Waals surface area contributed by atoms with Crippen LogP contribution in [-0.2, 0) is 11.2 Å². The molecule has 0 atom stereocenters. The lowest BCUT2D eigenvalue weighted by molar-refractivity contribution is -0.136. The Balaban J connectivity index is 3.35. The second kappa shape index (κ2) is 4.87. The highest BCUT2D eigenvalue weighted by Gasteiger charge is 2.23. The number of methoxy groups -OCH3 is 1. The second-order valence-corrected chi connectivity index (χ2v) is 3.21. The Labute approximate surface area is 90.9 Å². The van der Waals surface area contributed by atoms with Gasteiger partial charge in [-0.25, -0.2) is 13.8 Å². The molecule has 0 saturated carbocycles. The van der Waals surface area contributed by atoms with E-state index in [2.05, 4.69) is 4.98 Å². The second-order valence-electron chi connectivity index (χ2n) is 3.21. The highest BCUT2D eigenvalue weighted by molar-refractivity contribution is 5.71. The molecule has 0 aliphatic rings. The molecule has 0 bridgehead atoms. The first-order valence-electron chi connectivity index (χ1n) is 4.49. The average molecular weight is 231 g/mol. The van der Waals surface area contributed by atoms with Gasteiger partial charge in [0, 0.05) is 6.20 Å². The van der Waals surface area contributed by atoms with E-state index in [1.54, 1.807) is 0 Å². The van der Waals surface area contributed by atoms with Crippen LogP contribution in [0.2, 0.25) is 0 Å². The third-order valence-electron chi connectivity index (χ3n) is 2.15. The average Bonchev–Trinajstić information content (AvgIpc) is 2.19. The van der Waals surface area contributed by atoms with E-state index >= 15 is 0 Å². The van der Waals surface area contributed by atoms with Crippen LogP contribution in [-0.4, -0.2) is 23.2 Å². The van der Waals surface area contributed by atoms with Crippen molar-refractivity contribution >= 4 is 5.97 Å². The van der Waals surface area contributed by atoms with Crippen LogP contribution in [0.4, 0.5) is 8.78 Å². The molecule has 0 amide bonds. The Morgan fingerprint density at radius 3 is 2.69 bits per heavy atom. The van der Waals surface area contributed by atoms with Crippen LogP contribution in [0.15, 0.2) is 6.20 Å². The molecule has 1 rings (SSSR count). The Kier molecular flexibility index (Phi) is 3.76. The Bertz CT molecular complexity index is 407. The molecule has 0 fully saturated rings. The number of carbonyl (C=O) groups is 1. The number of carboxylic acid groups (broad SMARTS) is 1. The van der Waals surface area contributed by atoms with E-state index in [4.69, 9.17) is 9.84 Å². The molecule has 1 aromatic heterocycles. The fourth-order valence-electron chi connectivity index (χ4n) is 1.42. The van der Waals surface area contributed by atoms with Gasteiger partial charge in [0.15, 0.2) is 0 Å². The normalized spacial score (nSPS) is 10.6. The topological polar surface area (TPSA) is 59.4 Å². The van der Waals surface area contributed by atoms with E-state index in [1.807, 2.05) is 0 Å². The maximum absolute atomic E-state index is 12.8. The molecule has 0 aliphatic carbocycles. The molecular formula is C10H11F2NO3. The Hall–Kier alpha value is -1.72. The monoisotopic (exact) mass is 231 g/mol. The molecule has 1 N–H and O–H groups in total. The third kappa shape index (κ3) is 2.44. The van der Waals surface area contributed by atoms with Crippen molar-refractivity contribution in [3.63, 3.8) is 0 Å². The van der Waals surface area contributed by atoms with E-state index in [1.165, 1.54) is 20.2 Å². The fraction of sp³-hybridized carbons (Fsp3) is 0.400. The summed E-state index contributed by atoms with van der Waals surface area (Å²) in [6.07, 6.45) is -1.95. The van der Waals surface area contributed by atoms with Crippen molar-refractivity contribution in [2.24, 2.45) is 0 Å². The Morgan fingerprint density at radius 1 is 1.62 bits per heavy atom. The van der Waals surface area contributed by atoms with Gasteiger partial charge in [-0.2, -0.15) is 0 Å². The smallest absolute Gasteiger partial charge is 0.307 e. The van der Waals surface area contributed by atoms with Crippen LogP contribution in [0, 0.1) is 6.92 Å². The minimum absolute atomic E-state index is 0.0642. The van der Waals surface area contributed by atoms with Gasteiger partial charge in [-0.05, 0) is 18.1 Å². The number of ether oxygens (including phenoxy) is 1. The molecule has 0 saturated heterocycles. The predicted molar refractivity (Wildman–Crippen MR) is 51.8 cm³/mol. The van der Waals surface area contributed by atoms with Gasteiger partial charge in [-0.3, -0.25) is 4.79 Å². The van der Waals surface area contributed by atoms with Gasteiger partial charge >= 0.3 is 5.97 Å². The summed E-state index contributed by atoms with van der Waals surface area (Å²) in [6.45, 7) is 1.54. The van der Waals surface area contributed by atoms with E-state index in [0.717, 1.165) is 0 Å². The van der Waals surface area contributed by atoms with Gasteiger partial charge in [0.1, 0.15) is 0 Å². The third-order valence-corrected chi connectivity index (χ3v) is 2.15. The number of hydrogen-bond donors (Lipinski definition) is 1. The summed E-state index contributed by atoms with van der Waals surface area (Å²) in [5, 5.41) is 8.66. The zero-order valence-corrected chi connectivity index (χ0v) is 8.83. The molecule has 1 heterocycles. The molecule has 0 aromatic carbocycles. The summed E-state index contributed by atoms with van der Waals surface area (Å²) < 4.78 is 30.3. The van der Waals surface area contributed by atoms with Crippen LogP contribution in [0.25, 0.3) is 0 Å². The van der Waals surface area contributed by atoms with Crippen LogP contribution >= 0.6 is 0 Å². The Morgan fingerprint density at radius 2 is 2.25 bits per heavy atom. The quantitative estimate of drug-likeness (QED) is 0.860. The number of aromatic nitrogens is 1. The van der Waals surface area contributed by atoms with Crippen LogP contribution < -0.4 is 4.74 Å². The molecule has 0 spiro atoms. The van der Waals surface area contributed by atoms with Crippen molar-refractivity contribution in [1.82, 2.24) is 4.98 Å². The minimum Gasteiger partial charge on any atom is -0.481 e. The summed E-state index contributed by atoms with van der Waals surface area (Å²) in [4.78, 5) is 14.3. The number of pyridine rings is 1. The van der Waals surface area contributed by atoms with Crippen molar-refractivity contribution in [3.05, 3.63) is 22.9 Å². The highest BCUT2D eigenvalue weighted by Crippen LogP contribution is 2.32. The zero-order chi connectivity index (χ0) is 12.3. The van der Waals surface area contributed by atoms with Gasteiger partial charge < -0.3 is 9.84 Å². The summed E-state index contributed by atoms with van der Waals surface area (Å²) in [6, 6.07) is 0. The lowest BCUT2D eigenvalue weighted by atomic mass is 10.0. The number of halogens is 2. The van der Waals surface area contributed by atoms with Crippen molar-refractivity contribution in [2.75, 3.05) is 7.11 Å². The number of carboxylic acids is 1. The van der Waals surface area contributed by atoms with Crippen molar-refractivity contribution in [2.45, 2.75) is 19.8 Å². The SMILES string of the molecule is COc1ncc(C)c(CC(=O)O)c1C(F)F. The van der Waals surface area contributed by atoms with E-state index in [-0.39, 0.29) is 11.4 Å². The maximum Gasteiger partial charge on any atom is 0.307 e. The highest BCUT2D eigenvalue weighted by atomic mass is 19.3. The van der Waals surface area contributed by atoms with Gasteiger partial charge in [0.2, 0.25) is 5.88 Å². The predicted octanol–water partition coefficient (Wildman–Crippen LogP) is 1.96. The van der Waals surface area contributed by atoms with Gasteiger partial charge in [-0.1, -0.05) is 0 Å². The number of hydrogen-bond acceptors (Lipinski definition) is 3. The number of aliphatic carboxylic acids is 1. The van der Waals surface area contributed by atoms with E-state index in [9.17, 15) is 13.6 Å². The maximum atomic E-state index is 12.8. The van der Waals surface area contributed by atoms with Crippen molar-refractivity contribution in [1.29, 1.82) is 0 Å². The largest absolute Gasteiger partial charge is 0.481 e. The van der Waals surface area contributed by atoms with Crippen LogP contribution in [0.5, 0.6) is 5.88 Å². The lowest BCUT2D eigenvalue weighted by Crippen LogP contribution is -2.09. The van der Waals surface area contributed by atoms with Crippen molar-refractivity contribution in [3.8, 4) is 5.88 Å². The first-order valence-corrected chi connectivity index (χ1v) is 4.49. The number of aryl methyl sites for hydroxylation is 1. The fourth-order valence-corrected chi connectivity index (χ4v) is 1.42. The zero-order valence-electron chi connectivity index (χ0n) is 8.83. The number of alkyl halides is 2. The van der Waals surface area contributed by atoms with E-state index < -0.39 is 24.4 Å². The molecular weight excluding hydrogens is 220 g/mol. The standard InChI is InChI=1S/C10H11F2NO3/c1-5-4-13-10(16-2)8(9(11)12)6(5)3-7(14)15/h4,9H,3H2,1-2H3,(H,14,15). The van der Waals surface area contributed by atoms with Crippen molar-refractivity contribution < 1.29 is 23.4 Å². The van der Waals surface area contributed by atoms with Gasteiger partial charge in [-0.15, -0.1) is 0 Å². The molecule has 6 heteroatoms. The minimum atomic E-state index is -2.81. The summed E-state index contributed by atoms with van der Waals surface area (Å²) in [5.41, 5.74) is 0.0396. The molecule has 88 valence electrons. The molecule has 0 aliphatic heterocycles. The molecule has 1 aromatic rings. The van der Waals surface area contributed by atoms with Gasteiger partial charge in [0.25, 0.3) is 6.43 Å². The van der Waals surface area contributed by atoms with Gasteiger partial charge in [0.05, 0.1) is 19.1 Å². The first-order chi connectivity index (χ1) is 7.47.